The molecule has 1 aliphatic heterocycles. The van der Waals surface area contributed by atoms with Gasteiger partial charge in [-0.3, -0.25) is 4.68 Å². The molecule has 5 nitrogen and oxygen atoms in total. The normalized spacial score (nSPS) is 15.6. The molecule has 100 valence electrons. The highest BCUT2D eigenvalue weighted by Gasteiger charge is 2.30. The Bertz CT molecular complexity index is 744. The van der Waals surface area contributed by atoms with Gasteiger partial charge in [0.2, 0.25) is 0 Å². The van der Waals surface area contributed by atoms with Crippen molar-refractivity contribution in [2.75, 3.05) is 18.0 Å². The standard InChI is InChI=1S/C15H15N5/c1-11-13-5-2-3-6-14(13)15(18-17-11)19-9-12(10-19)20-8-4-7-16-20/h2-8,12H,9-10H2,1H3. The van der Waals surface area contributed by atoms with Crippen LogP contribution in [0.4, 0.5) is 5.82 Å². The molecule has 0 radical (unpaired) electrons. The predicted molar refractivity (Wildman–Crippen MR) is 77.8 cm³/mol. The van der Waals surface area contributed by atoms with Gasteiger partial charge in [-0.2, -0.15) is 10.2 Å². The van der Waals surface area contributed by atoms with Crippen molar-refractivity contribution in [1.82, 2.24) is 20.0 Å². The summed E-state index contributed by atoms with van der Waals surface area (Å²) in [6, 6.07) is 10.7. The van der Waals surface area contributed by atoms with Gasteiger partial charge in [0.1, 0.15) is 0 Å². The summed E-state index contributed by atoms with van der Waals surface area (Å²) >= 11 is 0. The fourth-order valence-corrected chi connectivity index (χ4v) is 2.75. The number of benzene rings is 1. The summed E-state index contributed by atoms with van der Waals surface area (Å²) in [5, 5.41) is 15.3. The molecule has 1 aliphatic rings. The van der Waals surface area contributed by atoms with Gasteiger partial charge in [-0.25, -0.2) is 0 Å². The molecule has 0 saturated carbocycles. The summed E-state index contributed by atoms with van der Waals surface area (Å²) in [7, 11) is 0. The summed E-state index contributed by atoms with van der Waals surface area (Å²) in [5.74, 6) is 0.981. The Morgan fingerprint density at radius 1 is 1.05 bits per heavy atom. The van der Waals surface area contributed by atoms with Crippen LogP contribution in [-0.2, 0) is 0 Å². The lowest BCUT2D eigenvalue weighted by Gasteiger charge is -2.40. The first-order valence-corrected chi connectivity index (χ1v) is 6.79. The molecule has 4 rings (SSSR count). The molecule has 0 amide bonds. The number of fused-ring (bicyclic) bond motifs is 1. The van der Waals surface area contributed by atoms with Gasteiger partial charge in [0.25, 0.3) is 0 Å². The Morgan fingerprint density at radius 3 is 2.60 bits per heavy atom. The highest BCUT2D eigenvalue weighted by Crippen LogP contribution is 2.31. The maximum Gasteiger partial charge on any atom is 0.159 e. The van der Waals surface area contributed by atoms with Crippen molar-refractivity contribution >= 4 is 16.6 Å². The number of aromatic nitrogens is 4. The van der Waals surface area contributed by atoms with E-state index in [4.69, 9.17) is 0 Å². The molecule has 0 bridgehead atoms. The lowest BCUT2D eigenvalue weighted by molar-refractivity contribution is 0.366. The minimum absolute atomic E-state index is 0.437. The maximum atomic E-state index is 4.39. The predicted octanol–water partition coefficient (Wildman–Crippen LogP) is 2.20. The lowest BCUT2D eigenvalue weighted by Crippen LogP contribution is -2.48. The quantitative estimate of drug-likeness (QED) is 0.712. The Morgan fingerprint density at radius 2 is 1.85 bits per heavy atom. The van der Waals surface area contributed by atoms with Gasteiger partial charge in [-0.05, 0) is 13.0 Å². The van der Waals surface area contributed by atoms with Gasteiger partial charge in [-0.15, -0.1) is 5.10 Å². The van der Waals surface area contributed by atoms with Crippen molar-refractivity contribution in [3.8, 4) is 0 Å². The summed E-state index contributed by atoms with van der Waals surface area (Å²) in [6.45, 7) is 3.87. The molecular weight excluding hydrogens is 250 g/mol. The number of aryl methyl sites for hydroxylation is 1. The maximum absolute atomic E-state index is 4.39. The second-order valence-electron chi connectivity index (χ2n) is 5.20. The van der Waals surface area contributed by atoms with Crippen LogP contribution >= 0.6 is 0 Å². The molecule has 1 fully saturated rings. The van der Waals surface area contributed by atoms with Gasteiger partial charge in [0, 0.05) is 36.3 Å². The van der Waals surface area contributed by atoms with Crippen molar-refractivity contribution in [3.05, 3.63) is 48.4 Å². The molecule has 2 aromatic heterocycles. The van der Waals surface area contributed by atoms with Crippen LogP contribution in [-0.4, -0.2) is 33.1 Å². The minimum Gasteiger partial charge on any atom is -0.350 e. The number of hydrogen-bond acceptors (Lipinski definition) is 4. The average Bonchev–Trinajstić information content (AvgIpc) is 2.94. The number of nitrogens with zero attached hydrogens (tertiary/aromatic N) is 5. The van der Waals surface area contributed by atoms with E-state index >= 15 is 0 Å². The second kappa shape index (κ2) is 4.30. The molecule has 3 aromatic rings. The Balaban J connectivity index is 1.66. The average molecular weight is 265 g/mol. The van der Waals surface area contributed by atoms with Crippen molar-refractivity contribution in [1.29, 1.82) is 0 Å². The highest BCUT2D eigenvalue weighted by molar-refractivity contribution is 5.93. The van der Waals surface area contributed by atoms with E-state index in [0.29, 0.717) is 6.04 Å². The largest absolute Gasteiger partial charge is 0.350 e. The zero-order valence-corrected chi connectivity index (χ0v) is 11.3. The van der Waals surface area contributed by atoms with Crippen molar-refractivity contribution < 1.29 is 0 Å². The number of rotatable bonds is 2. The molecular formula is C15H15N5. The molecule has 0 unspecified atom stereocenters. The van der Waals surface area contributed by atoms with Crippen LogP contribution in [0.5, 0.6) is 0 Å². The fourth-order valence-electron chi connectivity index (χ4n) is 2.75. The van der Waals surface area contributed by atoms with E-state index in [-0.39, 0.29) is 0 Å². The third-order valence-corrected chi connectivity index (χ3v) is 3.91. The molecule has 0 atom stereocenters. The van der Waals surface area contributed by atoms with Crippen molar-refractivity contribution in [3.63, 3.8) is 0 Å². The molecule has 0 spiro atoms. The first-order valence-electron chi connectivity index (χ1n) is 6.79. The third-order valence-electron chi connectivity index (χ3n) is 3.91. The van der Waals surface area contributed by atoms with E-state index in [0.717, 1.165) is 24.6 Å². The molecule has 3 heterocycles. The number of hydrogen-bond donors (Lipinski definition) is 0. The van der Waals surface area contributed by atoms with Gasteiger partial charge < -0.3 is 4.90 Å². The van der Waals surface area contributed by atoms with Gasteiger partial charge in [0.15, 0.2) is 5.82 Å². The van der Waals surface area contributed by atoms with E-state index < -0.39 is 0 Å². The summed E-state index contributed by atoms with van der Waals surface area (Å²) in [5.41, 5.74) is 0.980. The Labute approximate surface area is 116 Å². The number of anilines is 1. The molecule has 5 heteroatoms. The molecule has 1 aromatic carbocycles. The van der Waals surface area contributed by atoms with E-state index in [1.807, 2.05) is 36.1 Å². The zero-order valence-electron chi connectivity index (χ0n) is 11.3. The van der Waals surface area contributed by atoms with Crippen LogP contribution in [0, 0.1) is 6.92 Å². The first-order chi connectivity index (χ1) is 9.83. The van der Waals surface area contributed by atoms with E-state index in [2.05, 4.69) is 38.4 Å². The highest BCUT2D eigenvalue weighted by atomic mass is 15.4. The molecule has 20 heavy (non-hydrogen) atoms. The summed E-state index contributed by atoms with van der Waals surface area (Å²) in [4.78, 5) is 2.26. The zero-order chi connectivity index (χ0) is 13.5. The Hall–Kier alpha value is -2.43. The minimum atomic E-state index is 0.437. The van der Waals surface area contributed by atoms with Gasteiger partial charge in [-0.1, -0.05) is 24.3 Å². The summed E-state index contributed by atoms with van der Waals surface area (Å²) in [6.07, 6.45) is 3.84. The van der Waals surface area contributed by atoms with Crippen LogP contribution in [0.2, 0.25) is 0 Å². The SMILES string of the molecule is Cc1nnc(N2CC(n3cccn3)C2)c2ccccc12. The molecule has 1 saturated heterocycles. The molecule has 0 N–H and O–H groups in total. The Kier molecular flexibility index (Phi) is 2.45. The van der Waals surface area contributed by atoms with Crippen LogP contribution in [0.1, 0.15) is 11.7 Å². The second-order valence-corrected chi connectivity index (χ2v) is 5.20. The first kappa shape index (κ1) is 11.4. The van der Waals surface area contributed by atoms with Gasteiger partial charge >= 0.3 is 0 Å². The van der Waals surface area contributed by atoms with Crippen LogP contribution in [0.3, 0.4) is 0 Å². The van der Waals surface area contributed by atoms with Crippen molar-refractivity contribution in [2.45, 2.75) is 13.0 Å². The van der Waals surface area contributed by atoms with E-state index in [1.54, 1.807) is 0 Å². The topological polar surface area (TPSA) is 46.8 Å². The van der Waals surface area contributed by atoms with Crippen LogP contribution in [0.15, 0.2) is 42.7 Å². The fraction of sp³-hybridized carbons (Fsp3) is 0.267. The summed E-state index contributed by atoms with van der Waals surface area (Å²) < 4.78 is 2.01. The smallest absolute Gasteiger partial charge is 0.159 e. The molecule has 0 aliphatic carbocycles. The monoisotopic (exact) mass is 265 g/mol. The lowest BCUT2D eigenvalue weighted by atomic mass is 10.1. The van der Waals surface area contributed by atoms with E-state index in [9.17, 15) is 0 Å². The van der Waals surface area contributed by atoms with Gasteiger partial charge in [0.05, 0.1) is 11.7 Å². The van der Waals surface area contributed by atoms with Crippen LogP contribution in [0.25, 0.3) is 10.8 Å². The van der Waals surface area contributed by atoms with E-state index in [1.165, 1.54) is 10.8 Å². The van der Waals surface area contributed by atoms with Crippen LogP contribution < -0.4 is 4.90 Å². The third kappa shape index (κ3) is 1.66. The van der Waals surface area contributed by atoms with Crippen molar-refractivity contribution in [2.24, 2.45) is 0 Å².